The first-order valence-corrected chi connectivity index (χ1v) is 9.00. The Morgan fingerprint density at radius 2 is 1.75 bits per heavy atom. The molecular weight excluding hydrogens is 378 g/mol. The molecule has 2 rings (SSSR count). The van der Waals surface area contributed by atoms with Gasteiger partial charge in [-0.3, -0.25) is 14.9 Å². The van der Waals surface area contributed by atoms with Crippen LogP contribution < -0.4 is 20.3 Å². The van der Waals surface area contributed by atoms with Crippen LogP contribution in [0.15, 0.2) is 48.5 Å². The topological polar surface area (TPSA) is 79.9 Å². The van der Waals surface area contributed by atoms with Crippen LogP contribution in [0, 0.1) is 0 Å². The van der Waals surface area contributed by atoms with Crippen molar-refractivity contribution in [2.45, 2.75) is 6.92 Å². The van der Waals surface area contributed by atoms with Gasteiger partial charge in [-0.25, -0.2) is 0 Å². The van der Waals surface area contributed by atoms with E-state index in [2.05, 4.69) is 10.6 Å². The zero-order valence-electron chi connectivity index (χ0n) is 16.0. The fraction of sp³-hybridized carbons (Fsp3) is 0.250. The number of thiocarbonyl (C=S) groups is 1. The maximum Gasteiger partial charge on any atom is 0.261 e. The molecule has 0 aromatic heterocycles. The molecule has 0 atom stereocenters. The molecule has 0 spiro atoms. The molecule has 0 saturated carbocycles. The van der Waals surface area contributed by atoms with E-state index in [0.29, 0.717) is 30.2 Å². The third-order valence-corrected chi connectivity index (χ3v) is 4.09. The number of ether oxygens (including phenoxy) is 2. The highest BCUT2D eigenvalue weighted by molar-refractivity contribution is 7.80. The predicted molar refractivity (Wildman–Crippen MR) is 113 cm³/mol. The average Bonchev–Trinajstić information content (AvgIpc) is 2.68. The van der Waals surface area contributed by atoms with E-state index in [-0.39, 0.29) is 16.9 Å². The molecule has 28 heavy (non-hydrogen) atoms. The van der Waals surface area contributed by atoms with E-state index in [9.17, 15) is 9.59 Å². The van der Waals surface area contributed by atoms with Gasteiger partial charge in [0.2, 0.25) is 5.91 Å². The summed E-state index contributed by atoms with van der Waals surface area (Å²) in [4.78, 5) is 25.5. The van der Waals surface area contributed by atoms with Crippen LogP contribution in [0.2, 0.25) is 0 Å². The Hall–Kier alpha value is -2.97. The molecule has 0 bridgehead atoms. The molecule has 2 amide bonds. The van der Waals surface area contributed by atoms with E-state index in [0.717, 1.165) is 5.69 Å². The second kappa shape index (κ2) is 10.4. The number of methoxy groups -OCH3 is 1. The Balaban J connectivity index is 1.98. The number of carbonyl (C=O) groups excluding carboxylic acids is 2. The van der Waals surface area contributed by atoms with E-state index in [1.807, 2.05) is 0 Å². The lowest BCUT2D eigenvalue weighted by Crippen LogP contribution is -2.34. The largest absolute Gasteiger partial charge is 0.490 e. The van der Waals surface area contributed by atoms with Crippen LogP contribution in [0.3, 0.4) is 0 Å². The summed E-state index contributed by atoms with van der Waals surface area (Å²) in [5.41, 5.74) is 1.83. The second-order valence-corrected chi connectivity index (χ2v) is 6.28. The van der Waals surface area contributed by atoms with E-state index >= 15 is 0 Å². The summed E-state index contributed by atoms with van der Waals surface area (Å²) in [6.07, 6.45) is 0. The van der Waals surface area contributed by atoms with Crippen molar-refractivity contribution in [1.29, 1.82) is 0 Å². The molecule has 0 fully saturated rings. The second-order valence-electron chi connectivity index (χ2n) is 5.87. The first-order valence-electron chi connectivity index (χ1n) is 8.60. The van der Waals surface area contributed by atoms with Crippen molar-refractivity contribution in [3.63, 3.8) is 0 Å². The highest BCUT2D eigenvalue weighted by Crippen LogP contribution is 2.19. The molecule has 8 heteroatoms. The summed E-state index contributed by atoms with van der Waals surface area (Å²) in [5.74, 6) is 0.0183. The zero-order chi connectivity index (χ0) is 20.5. The quantitative estimate of drug-likeness (QED) is 0.549. The normalized spacial score (nSPS) is 10.1. The highest BCUT2D eigenvalue weighted by Gasteiger charge is 2.14. The van der Waals surface area contributed by atoms with Gasteiger partial charge in [0.05, 0.1) is 12.2 Å². The lowest BCUT2D eigenvalue weighted by atomic mass is 10.2. The standard InChI is InChI=1S/C20H23N3O4S/c1-14(24)23(2)16-10-8-15(9-11-16)21-20(28)22-19(25)17-6-4-5-7-18(17)27-13-12-26-3/h4-11H,12-13H2,1-3H3,(H2,21,22,25,28). The molecule has 2 N–H and O–H groups in total. The van der Waals surface area contributed by atoms with Crippen molar-refractivity contribution in [3.05, 3.63) is 54.1 Å². The van der Waals surface area contributed by atoms with Crippen LogP contribution in [0.1, 0.15) is 17.3 Å². The van der Waals surface area contributed by atoms with Crippen LogP contribution in [0.5, 0.6) is 5.75 Å². The van der Waals surface area contributed by atoms with Crippen LogP contribution in [0.4, 0.5) is 11.4 Å². The lowest BCUT2D eigenvalue weighted by molar-refractivity contribution is -0.116. The SMILES string of the molecule is COCCOc1ccccc1C(=O)NC(=S)Nc1ccc(N(C)C(C)=O)cc1. The monoisotopic (exact) mass is 401 g/mol. The number of nitrogens with zero attached hydrogens (tertiary/aromatic N) is 1. The van der Waals surface area contributed by atoms with Gasteiger partial charge in [0.25, 0.3) is 5.91 Å². The van der Waals surface area contributed by atoms with Gasteiger partial charge in [-0.2, -0.15) is 0 Å². The number of rotatable bonds is 7. The van der Waals surface area contributed by atoms with Crippen LogP contribution in [-0.4, -0.2) is 44.3 Å². The summed E-state index contributed by atoms with van der Waals surface area (Å²) in [7, 11) is 3.28. The molecule has 2 aromatic rings. The third kappa shape index (κ3) is 6.04. The van der Waals surface area contributed by atoms with Gasteiger partial charge in [0.1, 0.15) is 12.4 Å². The molecule has 0 radical (unpaired) electrons. The van der Waals surface area contributed by atoms with Gasteiger partial charge in [0.15, 0.2) is 5.11 Å². The number of nitrogens with one attached hydrogen (secondary N) is 2. The molecule has 2 aromatic carbocycles. The first-order chi connectivity index (χ1) is 13.4. The third-order valence-electron chi connectivity index (χ3n) is 3.89. The fourth-order valence-corrected chi connectivity index (χ4v) is 2.51. The molecule has 7 nitrogen and oxygen atoms in total. The van der Waals surface area contributed by atoms with E-state index in [4.69, 9.17) is 21.7 Å². The molecule has 0 saturated heterocycles. The first kappa shape index (κ1) is 21.3. The number of carbonyl (C=O) groups is 2. The number of amides is 2. The van der Waals surface area contributed by atoms with Crippen molar-refractivity contribution in [2.75, 3.05) is 37.6 Å². The summed E-state index contributed by atoms with van der Waals surface area (Å²) in [6, 6.07) is 14.0. The number of hydrogen-bond donors (Lipinski definition) is 2. The molecule has 0 aliphatic carbocycles. The highest BCUT2D eigenvalue weighted by atomic mass is 32.1. The van der Waals surface area contributed by atoms with Gasteiger partial charge < -0.3 is 19.7 Å². The van der Waals surface area contributed by atoms with Crippen molar-refractivity contribution < 1.29 is 19.1 Å². The minimum absolute atomic E-state index is 0.0603. The Labute approximate surface area is 169 Å². The maximum atomic E-state index is 12.5. The van der Waals surface area contributed by atoms with Crippen molar-refractivity contribution >= 4 is 40.5 Å². The van der Waals surface area contributed by atoms with Gasteiger partial charge in [0, 0.05) is 32.5 Å². The van der Waals surface area contributed by atoms with E-state index < -0.39 is 0 Å². The Bertz CT molecular complexity index is 840. The molecule has 0 aliphatic rings. The maximum absolute atomic E-state index is 12.5. The van der Waals surface area contributed by atoms with Crippen molar-refractivity contribution in [3.8, 4) is 5.75 Å². The molecule has 0 aliphatic heterocycles. The van der Waals surface area contributed by atoms with Crippen molar-refractivity contribution in [1.82, 2.24) is 5.32 Å². The Kier molecular flexibility index (Phi) is 7.91. The molecule has 148 valence electrons. The van der Waals surface area contributed by atoms with E-state index in [1.165, 1.54) is 11.8 Å². The summed E-state index contributed by atoms with van der Waals surface area (Å²) >= 11 is 5.22. The fourth-order valence-electron chi connectivity index (χ4n) is 2.30. The number of benzene rings is 2. The smallest absolute Gasteiger partial charge is 0.261 e. The molecule has 0 unspecified atom stereocenters. The van der Waals surface area contributed by atoms with Gasteiger partial charge in [-0.15, -0.1) is 0 Å². The predicted octanol–water partition coefficient (Wildman–Crippen LogP) is 2.82. The summed E-state index contributed by atoms with van der Waals surface area (Å²) in [5, 5.41) is 5.74. The Morgan fingerprint density at radius 3 is 2.39 bits per heavy atom. The minimum Gasteiger partial charge on any atom is -0.490 e. The molecular formula is C20H23N3O4S. The van der Waals surface area contributed by atoms with E-state index in [1.54, 1.807) is 62.7 Å². The lowest BCUT2D eigenvalue weighted by Gasteiger charge is -2.16. The summed E-state index contributed by atoms with van der Waals surface area (Å²) < 4.78 is 10.5. The number of hydrogen-bond acceptors (Lipinski definition) is 5. The molecule has 0 heterocycles. The van der Waals surface area contributed by atoms with Crippen LogP contribution >= 0.6 is 12.2 Å². The zero-order valence-corrected chi connectivity index (χ0v) is 16.8. The van der Waals surface area contributed by atoms with Gasteiger partial charge in [-0.05, 0) is 48.6 Å². The van der Waals surface area contributed by atoms with Crippen LogP contribution in [0.25, 0.3) is 0 Å². The van der Waals surface area contributed by atoms with Crippen molar-refractivity contribution in [2.24, 2.45) is 0 Å². The minimum atomic E-state index is -0.376. The van der Waals surface area contributed by atoms with Crippen LogP contribution in [-0.2, 0) is 9.53 Å². The average molecular weight is 401 g/mol. The Morgan fingerprint density at radius 1 is 1.07 bits per heavy atom. The van der Waals surface area contributed by atoms with Gasteiger partial charge >= 0.3 is 0 Å². The number of anilines is 2. The summed E-state index contributed by atoms with van der Waals surface area (Å²) in [6.45, 7) is 2.25. The number of para-hydroxylation sites is 1. The van der Waals surface area contributed by atoms with Gasteiger partial charge in [-0.1, -0.05) is 12.1 Å².